The zero-order valence-corrected chi connectivity index (χ0v) is 13.3. The highest BCUT2D eigenvalue weighted by Gasteiger charge is 2.21. The van der Waals surface area contributed by atoms with E-state index in [1.807, 2.05) is 20.8 Å². The number of nitrogens with two attached hydrogens (primary N) is 1. The lowest BCUT2D eigenvalue weighted by Crippen LogP contribution is -2.44. The fraction of sp³-hybridized carbons (Fsp3) is 0.643. The predicted molar refractivity (Wildman–Crippen MR) is 82.6 cm³/mol. The van der Waals surface area contributed by atoms with Gasteiger partial charge in [-0.3, -0.25) is 13.9 Å². The molecule has 7 nitrogen and oxygen atoms in total. The highest BCUT2D eigenvalue weighted by Crippen LogP contribution is 2.11. The van der Waals surface area contributed by atoms with Gasteiger partial charge < -0.3 is 10.3 Å². The molecule has 0 bridgehead atoms. The van der Waals surface area contributed by atoms with Crippen molar-refractivity contribution in [2.75, 3.05) is 6.54 Å². The standard InChI is InChI=1S/C14H23N5O2/c1-8(2)7-18-12-11(17(5)10(4)16-12)13(20)19(14(18)21)9(3)6-15/h8-9H,6-7,15H2,1-5H3. The normalized spacial score (nSPS) is 13.3. The molecule has 2 aromatic rings. The third-order valence-corrected chi connectivity index (χ3v) is 3.74. The third-order valence-electron chi connectivity index (χ3n) is 3.74. The first-order chi connectivity index (χ1) is 9.79. The second kappa shape index (κ2) is 5.48. The van der Waals surface area contributed by atoms with Crippen LogP contribution in [0.15, 0.2) is 9.59 Å². The van der Waals surface area contributed by atoms with Crippen molar-refractivity contribution < 1.29 is 0 Å². The third kappa shape index (κ3) is 2.42. The van der Waals surface area contributed by atoms with Gasteiger partial charge >= 0.3 is 5.69 Å². The lowest BCUT2D eigenvalue weighted by Gasteiger charge is -2.16. The predicted octanol–water partition coefficient (Wildman–Crippen LogP) is 0.381. The number of aromatic nitrogens is 4. The minimum absolute atomic E-state index is 0.235. The summed E-state index contributed by atoms with van der Waals surface area (Å²) in [5.41, 5.74) is 5.90. The van der Waals surface area contributed by atoms with Crippen LogP contribution in [0, 0.1) is 12.8 Å². The van der Waals surface area contributed by atoms with E-state index in [-0.39, 0.29) is 29.8 Å². The first-order valence-electron chi connectivity index (χ1n) is 7.18. The maximum atomic E-state index is 12.7. The van der Waals surface area contributed by atoms with Gasteiger partial charge in [-0.2, -0.15) is 0 Å². The van der Waals surface area contributed by atoms with Gasteiger partial charge in [-0.1, -0.05) is 13.8 Å². The summed E-state index contributed by atoms with van der Waals surface area (Å²) in [6, 6.07) is -0.344. The fourth-order valence-corrected chi connectivity index (χ4v) is 2.47. The minimum Gasteiger partial charge on any atom is -0.328 e. The summed E-state index contributed by atoms with van der Waals surface area (Å²) >= 11 is 0. The average Bonchev–Trinajstić information content (AvgIpc) is 2.70. The number of nitrogens with zero attached hydrogens (tertiary/aromatic N) is 4. The zero-order valence-electron chi connectivity index (χ0n) is 13.3. The van der Waals surface area contributed by atoms with Crippen molar-refractivity contribution >= 4 is 11.2 Å². The van der Waals surface area contributed by atoms with E-state index in [1.54, 1.807) is 23.1 Å². The highest BCUT2D eigenvalue weighted by molar-refractivity contribution is 5.71. The van der Waals surface area contributed by atoms with Gasteiger partial charge in [-0.25, -0.2) is 9.78 Å². The van der Waals surface area contributed by atoms with Gasteiger partial charge in [0, 0.05) is 20.1 Å². The quantitative estimate of drug-likeness (QED) is 0.882. The molecule has 21 heavy (non-hydrogen) atoms. The van der Waals surface area contributed by atoms with Gasteiger partial charge in [-0.15, -0.1) is 0 Å². The molecule has 2 rings (SSSR count). The van der Waals surface area contributed by atoms with E-state index < -0.39 is 0 Å². The van der Waals surface area contributed by atoms with E-state index in [4.69, 9.17) is 5.73 Å². The van der Waals surface area contributed by atoms with Crippen LogP contribution in [0.4, 0.5) is 0 Å². The Hall–Kier alpha value is -1.89. The van der Waals surface area contributed by atoms with Gasteiger partial charge in [0.1, 0.15) is 5.82 Å². The van der Waals surface area contributed by atoms with Crippen LogP contribution in [-0.4, -0.2) is 25.2 Å². The minimum atomic E-state index is -0.344. The Morgan fingerprint density at radius 2 is 1.86 bits per heavy atom. The van der Waals surface area contributed by atoms with Gasteiger partial charge in [0.2, 0.25) is 0 Å². The summed E-state index contributed by atoms with van der Waals surface area (Å²) in [5, 5.41) is 0. The molecule has 2 N–H and O–H groups in total. The summed E-state index contributed by atoms with van der Waals surface area (Å²) < 4.78 is 4.56. The van der Waals surface area contributed by atoms with Gasteiger partial charge in [0.05, 0.1) is 6.04 Å². The molecule has 116 valence electrons. The Morgan fingerprint density at radius 1 is 1.24 bits per heavy atom. The van der Waals surface area contributed by atoms with Crippen molar-refractivity contribution in [3.05, 3.63) is 26.7 Å². The van der Waals surface area contributed by atoms with Crippen LogP contribution in [-0.2, 0) is 13.6 Å². The lowest BCUT2D eigenvalue weighted by atomic mass is 10.2. The Balaban J connectivity index is 2.96. The Bertz CT molecular complexity index is 781. The first kappa shape index (κ1) is 15.5. The molecule has 0 saturated heterocycles. The lowest BCUT2D eigenvalue weighted by molar-refractivity contribution is 0.454. The van der Waals surface area contributed by atoms with E-state index in [0.717, 1.165) is 0 Å². The van der Waals surface area contributed by atoms with Crippen LogP contribution in [0.3, 0.4) is 0 Å². The summed E-state index contributed by atoms with van der Waals surface area (Å²) in [7, 11) is 1.79. The highest BCUT2D eigenvalue weighted by atomic mass is 16.2. The summed E-state index contributed by atoms with van der Waals surface area (Å²) in [4.78, 5) is 29.7. The van der Waals surface area contributed by atoms with E-state index in [0.29, 0.717) is 23.5 Å². The molecule has 0 aliphatic heterocycles. The van der Waals surface area contributed by atoms with Crippen LogP contribution < -0.4 is 17.0 Å². The number of hydrogen-bond donors (Lipinski definition) is 1. The first-order valence-corrected chi connectivity index (χ1v) is 7.18. The van der Waals surface area contributed by atoms with Crippen LogP contribution >= 0.6 is 0 Å². The van der Waals surface area contributed by atoms with Crippen molar-refractivity contribution in [2.24, 2.45) is 18.7 Å². The molecule has 7 heteroatoms. The van der Waals surface area contributed by atoms with E-state index in [9.17, 15) is 9.59 Å². The SMILES string of the molecule is Cc1nc2c(c(=O)n(C(C)CN)c(=O)n2CC(C)C)n1C. The molecule has 2 aromatic heterocycles. The number of aryl methyl sites for hydroxylation is 2. The van der Waals surface area contributed by atoms with Gasteiger partial charge in [-0.05, 0) is 19.8 Å². The zero-order chi connectivity index (χ0) is 15.9. The average molecular weight is 293 g/mol. The maximum Gasteiger partial charge on any atom is 0.333 e. The van der Waals surface area contributed by atoms with Crippen LogP contribution in [0.2, 0.25) is 0 Å². The monoisotopic (exact) mass is 293 g/mol. The Kier molecular flexibility index (Phi) is 4.04. The van der Waals surface area contributed by atoms with Gasteiger partial charge in [0.15, 0.2) is 11.2 Å². The summed E-state index contributed by atoms with van der Waals surface area (Å²) in [6.07, 6.45) is 0. The van der Waals surface area contributed by atoms with Crippen molar-refractivity contribution in [1.82, 2.24) is 18.7 Å². The molecule has 0 amide bonds. The molecule has 0 fully saturated rings. The smallest absolute Gasteiger partial charge is 0.328 e. The topological polar surface area (TPSA) is 87.8 Å². The number of fused-ring (bicyclic) bond motifs is 1. The van der Waals surface area contributed by atoms with Crippen molar-refractivity contribution in [3.63, 3.8) is 0 Å². The molecule has 0 aliphatic carbocycles. The molecule has 2 heterocycles. The van der Waals surface area contributed by atoms with Crippen LogP contribution in [0.5, 0.6) is 0 Å². The molecule has 0 radical (unpaired) electrons. The van der Waals surface area contributed by atoms with E-state index in [1.165, 1.54) is 4.57 Å². The van der Waals surface area contributed by atoms with Crippen LogP contribution in [0.1, 0.15) is 32.6 Å². The second-order valence-electron chi connectivity index (χ2n) is 5.94. The molecule has 0 saturated carbocycles. The van der Waals surface area contributed by atoms with Gasteiger partial charge in [0.25, 0.3) is 5.56 Å². The summed E-state index contributed by atoms with van der Waals surface area (Å²) in [5.74, 6) is 0.976. The second-order valence-corrected chi connectivity index (χ2v) is 5.94. The fourth-order valence-electron chi connectivity index (χ4n) is 2.47. The number of imidazole rings is 1. The van der Waals surface area contributed by atoms with E-state index in [2.05, 4.69) is 4.98 Å². The van der Waals surface area contributed by atoms with Crippen molar-refractivity contribution in [2.45, 2.75) is 40.3 Å². The molecular formula is C14H23N5O2. The van der Waals surface area contributed by atoms with Crippen molar-refractivity contribution in [3.8, 4) is 0 Å². The molecule has 0 aliphatic rings. The molecule has 0 spiro atoms. The maximum absolute atomic E-state index is 12.7. The van der Waals surface area contributed by atoms with E-state index >= 15 is 0 Å². The summed E-state index contributed by atoms with van der Waals surface area (Å²) in [6.45, 7) is 8.40. The molecule has 1 atom stereocenters. The Labute approximate surface area is 123 Å². The molecule has 0 aromatic carbocycles. The van der Waals surface area contributed by atoms with Crippen molar-refractivity contribution in [1.29, 1.82) is 0 Å². The largest absolute Gasteiger partial charge is 0.333 e. The molecular weight excluding hydrogens is 270 g/mol. The number of rotatable bonds is 4. The Morgan fingerprint density at radius 3 is 2.38 bits per heavy atom. The number of hydrogen-bond acceptors (Lipinski definition) is 4. The molecule has 1 unspecified atom stereocenters. The van der Waals surface area contributed by atoms with Crippen LogP contribution in [0.25, 0.3) is 11.2 Å².